The lowest BCUT2D eigenvalue weighted by Crippen LogP contribution is -1.79. The third-order valence-corrected chi connectivity index (χ3v) is 0. The Balaban J connectivity index is 4.06. The summed E-state index contributed by atoms with van der Waals surface area (Å²) in [6.45, 7) is 0. The zero-order chi connectivity index (χ0) is 4.50. The highest BCUT2D eigenvalue weighted by atomic mass is 35.7. The van der Waals surface area contributed by atoms with E-state index in [4.69, 9.17) is 0 Å². The van der Waals surface area contributed by atoms with Crippen molar-refractivity contribution in [3.63, 3.8) is 0 Å². The predicted molar refractivity (Wildman–Crippen MR) is 23.3 cm³/mol. The van der Waals surface area contributed by atoms with Crippen molar-refractivity contribution in [3.8, 4) is 0 Å². The molecule has 0 rings (SSSR count). The third-order valence-electron chi connectivity index (χ3n) is 0. The second-order valence-electron chi connectivity index (χ2n) is 0.682. The molecule has 0 bridgehead atoms. The van der Waals surface area contributed by atoms with Crippen LogP contribution in [0, 0.1) is 0 Å². The van der Waals surface area contributed by atoms with Gasteiger partial charge in [0.25, 0.3) is 7.12 Å². The maximum Gasteiger partial charge on any atom is 0.276 e. The Bertz CT molecular complexity index is 92.8. The van der Waals surface area contributed by atoms with Gasteiger partial charge in [0, 0.05) is 10.7 Å². The molecule has 0 unspecified atom stereocenters. The summed E-state index contributed by atoms with van der Waals surface area (Å²) in [7, 11) is 2.23. The van der Waals surface area contributed by atoms with E-state index in [0.717, 1.165) is 7.12 Å². The molecule has 0 radical (unpaired) electrons. The lowest BCUT2D eigenvalue weighted by Gasteiger charge is -1.65. The molecular formula is H2BClO2S. The van der Waals surface area contributed by atoms with Gasteiger partial charge in [0.2, 0.25) is 0 Å². The fourth-order valence-electron chi connectivity index (χ4n) is 0. The number of rotatable bonds is 0. The molecule has 0 spiro atoms. The molecule has 0 saturated heterocycles. The summed E-state index contributed by atoms with van der Waals surface area (Å²) in [5.74, 6) is 0. The molecule has 0 saturated carbocycles. The molecule has 0 heterocycles. The van der Waals surface area contributed by atoms with E-state index in [-0.39, 0.29) is 0 Å². The van der Waals surface area contributed by atoms with E-state index in [1.165, 1.54) is 0 Å². The average Bonchev–Trinajstić information content (AvgIpc) is 0.722. The van der Waals surface area contributed by atoms with Crippen LogP contribution in [0.2, 0.25) is 0 Å². The normalized spacial score (nSPS) is 11.4. The zero-order valence-corrected chi connectivity index (χ0v) is 4.18. The molecule has 0 aromatic heterocycles. The lowest BCUT2D eigenvalue weighted by molar-refractivity contribution is 0.621. The molecule has 0 aliphatic carbocycles. The standard InChI is InChI=1S/BClH2O2S/c1-5(2,3)4/h1H2. The van der Waals surface area contributed by atoms with Gasteiger partial charge in [-0.3, -0.25) is 0 Å². The predicted octanol–water partition coefficient (Wildman–Crippen LogP) is -0.897. The minimum absolute atomic E-state index is 0.925. The van der Waals surface area contributed by atoms with Gasteiger partial charge in [0.15, 0.2) is 8.90 Å². The molecule has 0 aliphatic rings. The number of hydrogen-bond acceptors (Lipinski definition) is 2. The smallest absolute Gasteiger partial charge is 0.226 e. The molecule has 5 heteroatoms. The summed E-state index contributed by atoms with van der Waals surface area (Å²) in [6.07, 6.45) is 0. The van der Waals surface area contributed by atoms with Gasteiger partial charge in [0.05, 0.1) is 0 Å². The summed E-state index contributed by atoms with van der Waals surface area (Å²) in [5.41, 5.74) is 0. The lowest BCUT2D eigenvalue weighted by atomic mass is 10.8. The highest BCUT2D eigenvalue weighted by molar-refractivity contribution is 8.30. The molecule has 0 amide bonds. The summed E-state index contributed by atoms with van der Waals surface area (Å²) in [5, 5.41) is 0. The summed E-state index contributed by atoms with van der Waals surface area (Å²) in [6, 6.07) is 0. The Kier molecular flexibility index (Phi) is 1.25. The summed E-state index contributed by atoms with van der Waals surface area (Å²) in [4.78, 5) is 0. The Labute approximate surface area is 35.9 Å². The van der Waals surface area contributed by atoms with Gasteiger partial charge in [-0.1, -0.05) is 0 Å². The average molecular weight is 112 g/mol. The van der Waals surface area contributed by atoms with Crippen molar-refractivity contribution in [1.82, 2.24) is 0 Å². The Morgan fingerprint density at radius 3 is 1.60 bits per heavy atom. The van der Waals surface area contributed by atoms with Crippen molar-refractivity contribution >= 4 is 26.7 Å². The molecule has 0 fully saturated rings. The Hall–Kier alpha value is 0.305. The van der Waals surface area contributed by atoms with Crippen molar-refractivity contribution in [3.05, 3.63) is 0 Å². The van der Waals surface area contributed by atoms with E-state index in [0.29, 0.717) is 0 Å². The van der Waals surface area contributed by atoms with Crippen LogP contribution < -0.4 is 0 Å². The van der Waals surface area contributed by atoms with Crippen LogP contribution in [0.4, 0.5) is 0 Å². The second-order valence-corrected chi connectivity index (χ2v) is 3.73. The van der Waals surface area contributed by atoms with Crippen LogP contribution in [-0.2, 0) is 8.90 Å². The topological polar surface area (TPSA) is 34.1 Å². The van der Waals surface area contributed by atoms with Gasteiger partial charge in [0.1, 0.15) is 0 Å². The first-order valence-corrected chi connectivity index (χ1v) is 3.61. The minimum atomic E-state index is -3.19. The molecule has 0 aromatic carbocycles. The second kappa shape index (κ2) is 1.18. The zero-order valence-electron chi connectivity index (χ0n) is 2.60. The highest BCUT2D eigenvalue weighted by Gasteiger charge is 1.84. The van der Waals surface area contributed by atoms with Crippen LogP contribution >= 0.6 is 10.7 Å². The molecule has 0 atom stereocenters. The van der Waals surface area contributed by atoms with Gasteiger partial charge >= 0.3 is 0 Å². The van der Waals surface area contributed by atoms with Crippen molar-refractivity contribution in [2.24, 2.45) is 0 Å². The van der Waals surface area contributed by atoms with Crippen LogP contribution in [0.5, 0.6) is 0 Å². The van der Waals surface area contributed by atoms with E-state index in [9.17, 15) is 8.42 Å². The SMILES string of the molecule is BS(=O)(=O)Cl. The largest absolute Gasteiger partial charge is 0.276 e. The first kappa shape index (κ1) is 5.30. The Morgan fingerprint density at radius 1 is 1.60 bits per heavy atom. The van der Waals surface area contributed by atoms with Crippen molar-refractivity contribution in [2.45, 2.75) is 0 Å². The van der Waals surface area contributed by atoms with Gasteiger partial charge in [-0.25, -0.2) is 8.42 Å². The minimum Gasteiger partial charge on any atom is -0.226 e. The van der Waals surface area contributed by atoms with Crippen molar-refractivity contribution < 1.29 is 8.42 Å². The first-order chi connectivity index (χ1) is 2.00. The van der Waals surface area contributed by atoms with E-state index in [2.05, 4.69) is 10.7 Å². The molecule has 5 heavy (non-hydrogen) atoms. The van der Waals surface area contributed by atoms with E-state index < -0.39 is 8.90 Å². The quantitative estimate of drug-likeness (QED) is 0.301. The highest BCUT2D eigenvalue weighted by Crippen LogP contribution is 1.81. The summed E-state index contributed by atoms with van der Waals surface area (Å²) >= 11 is 0. The van der Waals surface area contributed by atoms with Crippen LogP contribution in [0.15, 0.2) is 0 Å². The van der Waals surface area contributed by atoms with Gasteiger partial charge in [-0.15, -0.1) is 0 Å². The Morgan fingerprint density at radius 2 is 1.60 bits per heavy atom. The van der Waals surface area contributed by atoms with Gasteiger partial charge in [-0.2, -0.15) is 0 Å². The van der Waals surface area contributed by atoms with Gasteiger partial charge in [-0.05, 0) is 0 Å². The number of hydrogen-bond donors (Lipinski definition) is 0. The van der Waals surface area contributed by atoms with Crippen LogP contribution in [-0.4, -0.2) is 15.5 Å². The molecule has 2 nitrogen and oxygen atoms in total. The van der Waals surface area contributed by atoms with Crippen LogP contribution in [0.3, 0.4) is 0 Å². The first-order valence-electron chi connectivity index (χ1n) is 0.896. The maximum absolute atomic E-state index is 9.40. The molecule has 0 N–H and O–H groups in total. The van der Waals surface area contributed by atoms with Crippen LogP contribution in [0.25, 0.3) is 0 Å². The molecule has 0 aromatic rings. The monoisotopic (exact) mass is 112 g/mol. The fourth-order valence-corrected chi connectivity index (χ4v) is 0. The molecule has 30 valence electrons. The maximum atomic E-state index is 9.40. The van der Waals surface area contributed by atoms with E-state index in [1.807, 2.05) is 0 Å². The molecule has 0 aliphatic heterocycles. The van der Waals surface area contributed by atoms with Gasteiger partial charge < -0.3 is 0 Å². The van der Waals surface area contributed by atoms with E-state index >= 15 is 0 Å². The number of halogens is 1. The van der Waals surface area contributed by atoms with Crippen LogP contribution in [0.1, 0.15) is 0 Å². The fraction of sp³-hybridized carbons (Fsp3) is 0. The van der Waals surface area contributed by atoms with Crippen molar-refractivity contribution in [2.75, 3.05) is 0 Å². The third kappa shape index (κ3) is 246. The van der Waals surface area contributed by atoms with E-state index in [1.54, 1.807) is 0 Å². The summed E-state index contributed by atoms with van der Waals surface area (Å²) < 4.78 is 18.8. The van der Waals surface area contributed by atoms with Crippen molar-refractivity contribution in [1.29, 1.82) is 0 Å². The molecular weight excluding hydrogens is 110 g/mol.